The zero-order chi connectivity index (χ0) is 16.2. The van der Waals surface area contributed by atoms with E-state index in [1.54, 1.807) is 12.1 Å². The van der Waals surface area contributed by atoms with Gasteiger partial charge in [0.1, 0.15) is 5.82 Å². The van der Waals surface area contributed by atoms with Crippen molar-refractivity contribution in [2.24, 2.45) is 5.41 Å². The molecule has 0 spiro atoms. The quantitative estimate of drug-likeness (QED) is 0.819. The zero-order valence-corrected chi connectivity index (χ0v) is 13.4. The van der Waals surface area contributed by atoms with Crippen molar-refractivity contribution in [2.45, 2.75) is 39.2 Å². The van der Waals surface area contributed by atoms with Gasteiger partial charge in [0.15, 0.2) is 0 Å². The Morgan fingerprint density at radius 1 is 1.36 bits per heavy atom. The number of rotatable bonds is 5. The standard InChI is InChI=1S/C18H25FN2O/c1-13(2)12-18(8-10-20-11-9-18)17(22)21-14(3)15-4-6-16(19)7-5-15/h4-7,14,20H,1,8-12H2,2-3H3,(H,21,22)/t14-/m0/s1. The largest absolute Gasteiger partial charge is 0.349 e. The molecule has 1 aromatic rings. The predicted molar refractivity (Wildman–Crippen MR) is 86.9 cm³/mol. The first-order chi connectivity index (χ1) is 10.4. The van der Waals surface area contributed by atoms with Crippen LogP contribution in [0.5, 0.6) is 0 Å². The van der Waals surface area contributed by atoms with Crippen molar-refractivity contribution in [1.82, 2.24) is 10.6 Å². The van der Waals surface area contributed by atoms with Crippen LogP contribution in [0, 0.1) is 11.2 Å². The minimum absolute atomic E-state index is 0.0776. The molecule has 22 heavy (non-hydrogen) atoms. The Morgan fingerprint density at radius 3 is 2.50 bits per heavy atom. The lowest BCUT2D eigenvalue weighted by molar-refractivity contribution is -0.133. The Labute approximate surface area is 132 Å². The van der Waals surface area contributed by atoms with Gasteiger partial charge in [-0.2, -0.15) is 0 Å². The van der Waals surface area contributed by atoms with Crippen LogP contribution in [-0.4, -0.2) is 19.0 Å². The summed E-state index contributed by atoms with van der Waals surface area (Å²) in [5.74, 6) is -0.187. The number of allylic oxidation sites excluding steroid dienone is 1. The number of nitrogens with one attached hydrogen (secondary N) is 2. The molecule has 1 atom stereocenters. The molecule has 0 bridgehead atoms. The molecule has 0 aliphatic carbocycles. The van der Waals surface area contributed by atoms with E-state index in [9.17, 15) is 9.18 Å². The van der Waals surface area contributed by atoms with Gasteiger partial charge in [0.25, 0.3) is 0 Å². The molecule has 2 N–H and O–H groups in total. The number of amides is 1. The fourth-order valence-electron chi connectivity index (χ4n) is 3.15. The number of halogens is 1. The van der Waals surface area contributed by atoms with Crippen LogP contribution in [0.3, 0.4) is 0 Å². The molecule has 0 radical (unpaired) electrons. The fraction of sp³-hybridized carbons (Fsp3) is 0.500. The summed E-state index contributed by atoms with van der Waals surface area (Å²) in [6, 6.07) is 6.14. The smallest absolute Gasteiger partial charge is 0.227 e. The highest BCUT2D eigenvalue weighted by atomic mass is 19.1. The summed E-state index contributed by atoms with van der Waals surface area (Å²) in [4.78, 5) is 12.9. The molecule has 4 heteroatoms. The van der Waals surface area contributed by atoms with Gasteiger partial charge in [-0.3, -0.25) is 4.79 Å². The van der Waals surface area contributed by atoms with Crippen LogP contribution >= 0.6 is 0 Å². The summed E-state index contributed by atoms with van der Waals surface area (Å²) in [6.45, 7) is 9.59. The highest BCUT2D eigenvalue weighted by Gasteiger charge is 2.39. The van der Waals surface area contributed by atoms with Crippen molar-refractivity contribution in [1.29, 1.82) is 0 Å². The first-order valence-corrected chi connectivity index (χ1v) is 7.84. The van der Waals surface area contributed by atoms with Crippen LogP contribution in [-0.2, 0) is 4.79 Å². The Bertz CT molecular complexity index is 533. The van der Waals surface area contributed by atoms with Gasteiger partial charge in [0.05, 0.1) is 11.5 Å². The molecule has 2 rings (SSSR count). The molecule has 0 unspecified atom stereocenters. The van der Waals surface area contributed by atoms with Crippen molar-refractivity contribution >= 4 is 5.91 Å². The summed E-state index contributed by atoms with van der Waals surface area (Å²) in [7, 11) is 0. The second-order valence-electron chi connectivity index (χ2n) is 6.41. The van der Waals surface area contributed by atoms with E-state index in [0.29, 0.717) is 0 Å². The van der Waals surface area contributed by atoms with Gasteiger partial charge >= 0.3 is 0 Å². The van der Waals surface area contributed by atoms with Crippen molar-refractivity contribution < 1.29 is 9.18 Å². The van der Waals surface area contributed by atoms with Crippen molar-refractivity contribution in [3.05, 3.63) is 47.8 Å². The lowest BCUT2D eigenvalue weighted by atomic mass is 9.73. The number of piperidine rings is 1. The van der Waals surface area contributed by atoms with Crippen LogP contribution in [0.2, 0.25) is 0 Å². The van der Waals surface area contributed by atoms with E-state index in [4.69, 9.17) is 0 Å². The first-order valence-electron chi connectivity index (χ1n) is 7.84. The molecular formula is C18H25FN2O. The predicted octanol–water partition coefficient (Wildman–Crippen LogP) is 3.34. The van der Waals surface area contributed by atoms with E-state index in [-0.39, 0.29) is 23.2 Å². The third-order valence-corrected chi connectivity index (χ3v) is 4.40. The molecule has 120 valence electrons. The Balaban J connectivity index is 2.10. The molecule has 3 nitrogen and oxygen atoms in total. The van der Waals surface area contributed by atoms with Gasteiger partial charge in [-0.25, -0.2) is 4.39 Å². The minimum atomic E-state index is -0.370. The molecule has 1 aromatic carbocycles. The van der Waals surface area contributed by atoms with Crippen molar-refractivity contribution in [3.8, 4) is 0 Å². The zero-order valence-electron chi connectivity index (χ0n) is 13.4. The van der Waals surface area contributed by atoms with E-state index in [0.717, 1.165) is 43.5 Å². The van der Waals surface area contributed by atoms with Gasteiger partial charge in [-0.15, -0.1) is 6.58 Å². The summed E-state index contributed by atoms with van der Waals surface area (Å²) >= 11 is 0. The topological polar surface area (TPSA) is 41.1 Å². The van der Waals surface area contributed by atoms with E-state index in [1.165, 1.54) is 12.1 Å². The molecule has 1 saturated heterocycles. The highest BCUT2D eigenvalue weighted by molar-refractivity contribution is 5.83. The van der Waals surface area contributed by atoms with Crippen molar-refractivity contribution in [2.75, 3.05) is 13.1 Å². The van der Waals surface area contributed by atoms with E-state index in [1.807, 2.05) is 13.8 Å². The third kappa shape index (κ3) is 3.95. The normalized spacial score (nSPS) is 18.5. The van der Waals surface area contributed by atoms with Crippen LogP contribution in [0.4, 0.5) is 4.39 Å². The summed E-state index contributed by atoms with van der Waals surface area (Å²) < 4.78 is 13.0. The van der Waals surface area contributed by atoms with E-state index in [2.05, 4.69) is 17.2 Å². The third-order valence-electron chi connectivity index (χ3n) is 4.40. The molecule has 1 aliphatic rings. The average Bonchev–Trinajstić information content (AvgIpc) is 2.48. The fourth-order valence-corrected chi connectivity index (χ4v) is 3.15. The molecule has 0 aromatic heterocycles. The van der Waals surface area contributed by atoms with Gasteiger partial charge in [0, 0.05) is 0 Å². The first kappa shape index (κ1) is 16.7. The van der Waals surface area contributed by atoms with Gasteiger partial charge in [-0.05, 0) is 63.9 Å². The number of carbonyl (C=O) groups is 1. The molecule has 1 heterocycles. The summed E-state index contributed by atoms with van der Waals surface area (Å²) in [5, 5.41) is 6.41. The lowest BCUT2D eigenvalue weighted by Crippen LogP contribution is -2.48. The highest BCUT2D eigenvalue weighted by Crippen LogP contribution is 2.36. The Morgan fingerprint density at radius 2 is 1.95 bits per heavy atom. The SMILES string of the molecule is C=C(C)CC1(C(=O)N[C@@H](C)c2ccc(F)cc2)CCNCC1. The van der Waals surface area contributed by atoms with Gasteiger partial charge in [0.2, 0.25) is 5.91 Å². The maximum Gasteiger partial charge on any atom is 0.227 e. The maximum atomic E-state index is 13.0. The maximum absolute atomic E-state index is 13.0. The molecule has 1 fully saturated rings. The minimum Gasteiger partial charge on any atom is -0.349 e. The monoisotopic (exact) mass is 304 g/mol. The van der Waals surface area contributed by atoms with Crippen LogP contribution in [0.1, 0.15) is 44.7 Å². The van der Waals surface area contributed by atoms with Gasteiger partial charge < -0.3 is 10.6 Å². The van der Waals surface area contributed by atoms with Gasteiger partial charge in [-0.1, -0.05) is 17.7 Å². The lowest BCUT2D eigenvalue weighted by Gasteiger charge is -2.37. The van der Waals surface area contributed by atoms with E-state index >= 15 is 0 Å². The molecule has 0 saturated carbocycles. The second-order valence-corrected chi connectivity index (χ2v) is 6.41. The number of hydrogen-bond donors (Lipinski definition) is 2. The van der Waals surface area contributed by atoms with Crippen LogP contribution in [0.15, 0.2) is 36.4 Å². The summed E-state index contributed by atoms with van der Waals surface area (Å²) in [6.07, 6.45) is 2.36. The van der Waals surface area contributed by atoms with Crippen molar-refractivity contribution in [3.63, 3.8) is 0 Å². The molecule has 1 aliphatic heterocycles. The molecule has 1 amide bonds. The average molecular weight is 304 g/mol. The molecular weight excluding hydrogens is 279 g/mol. The number of carbonyl (C=O) groups excluding carboxylic acids is 1. The van der Waals surface area contributed by atoms with E-state index < -0.39 is 0 Å². The number of benzene rings is 1. The Kier molecular flexibility index (Phi) is 5.35. The Hall–Kier alpha value is -1.68. The second kappa shape index (κ2) is 7.05. The summed E-state index contributed by atoms with van der Waals surface area (Å²) in [5.41, 5.74) is 1.58. The van der Waals surface area contributed by atoms with Crippen LogP contribution in [0.25, 0.3) is 0 Å². The van der Waals surface area contributed by atoms with Crippen LogP contribution < -0.4 is 10.6 Å². The number of hydrogen-bond acceptors (Lipinski definition) is 2.